The first-order valence-corrected chi connectivity index (χ1v) is 5.79. The molecule has 1 aromatic heterocycles. The fourth-order valence-electron chi connectivity index (χ4n) is 1.68. The molecule has 1 heterocycles. The van der Waals surface area contributed by atoms with Crippen LogP contribution in [0.15, 0.2) is 24.4 Å². The van der Waals surface area contributed by atoms with Gasteiger partial charge in [0.15, 0.2) is 5.78 Å². The SMILES string of the molecule is CC(=O)c1ccc(-n2cc(Cl)c(C)n2)cc1[N+](=O)[O-]. The number of nitrogens with zero attached hydrogens (tertiary/aromatic N) is 3. The van der Waals surface area contributed by atoms with Crippen molar-refractivity contribution < 1.29 is 9.72 Å². The molecule has 1 aromatic carbocycles. The van der Waals surface area contributed by atoms with Gasteiger partial charge < -0.3 is 0 Å². The molecule has 0 spiro atoms. The number of aryl methyl sites for hydroxylation is 1. The van der Waals surface area contributed by atoms with E-state index in [0.29, 0.717) is 16.4 Å². The molecule has 0 N–H and O–H groups in total. The lowest BCUT2D eigenvalue weighted by atomic mass is 10.1. The zero-order valence-electron chi connectivity index (χ0n) is 10.3. The van der Waals surface area contributed by atoms with Crippen molar-refractivity contribution in [1.29, 1.82) is 0 Å². The van der Waals surface area contributed by atoms with Gasteiger partial charge in [0.2, 0.25) is 0 Å². The van der Waals surface area contributed by atoms with E-state index in [1.54, 1.807) is 19.2 Å². The van der Waals surface area contributed by atoms with Crippen LogP contribution in [0.2, 0.25) is 5.02 Å². The number of hydrogen-bond donors (Lipinski definition) is 0. The summed E-state index contributed by atoms with van der Waals surface area (Å²) in [4.78, 5) is 21.7. The van der Waals surface area contributed by atoms with Crippen molar-refractivity contribution in [3.05, 3.63) is 50.8 Å². The highest BCUT2D eigenvalue weighted by Crippen LogP contribution is 2.24. The number of aromatic nitrogens is 2. The summed E-state index contributed by atoms with van der Waals surface area (Å²) in [7, 11) is 0. The highest BCUT2D eigenvalue weighted by atomic mass is 35.5. The number of rotatable bonds is 3. The van der Waals surface area contributed by atoms with Gasteiger partial charge in [0.05, 0.1) is 26.9 Å². The van der Waals surface area contributed by atoms with E-state index in [1.807, 2.05) is 0 Å². The second kappa shape index (κ2) is 4.81. The van der Waals surface area contributed by atoms with Crippen molar-refractivity contribution in [2.75, 3.05) is 0 Å². The van der Waals surface area contributed by atoms with Crippen LogP contribution in [0.1, 0.15) is 23.0 Å². The van der Waals surface area contributed by atoms with Crippen LogP contribution in [-0.4, -0.2) is 20.5 Å². The molecule has 2 rings (SSSR count). The van der Waals surface area contributed by atoms with Crippen molar-refractivity contribution in [3.63, 3.8) is 0 Å². The Morgan fingerprint density at radius 2 is 2.16 bits per heavy atom. The zero-order valence-corrected chi connectivity index (χ0v) is 11.0. The van der Waals surface area contributed by atoms with Crippen LogP contribution in [0.5, 0.6) is 0 Å². The number of nitro groups is 1. The number of carbonyl (C=O) groups is 1. The molecule has 0 amide bonds. The topological polar surface area (TPSA) is 78.0 Å². The van der Waals surface area contributed by atoms with E-state index in [9.17, 15) is 14.9 Å². The third kappa shape index (κ3) is 2.48. The fourth-order valence-corrected chi connectivity index (χ4v) is 1.81. The summed E-state index contributed by atoms with van der Waals surface area (Å²) in [6.45, 7) is 3.02. The molecule has 0 fully saturated rings. The van der Waals surface area contributed by atoms with Gasteiger partial charge in [0.1, 0.15) is 0 Å². The Morgan fingerprint density at radius 1 is 1.47 bits per heavy atom. The van der Waals surface area contributed by atoms with Gasteiger partial charge in [-0.25, -0.2) is 4.68 Å². The molecule has 0 aliphatic carbocycles. The standard InChI is InChI=1S/C12H10ClN3O3/c1-7-11(13)6-15(14-7)9-3-4-10(8(2)17)12(5-9)16(18)19/h3-6H,1-2H3. The van der Waals surface area contributed by atoms with Gasteiger partial charge in [0.25, 0.3) is 5.69 Å². The summed E-state index contributed by atoms with van der Waals surface area (Å²) < 4.78 is 1.44. The van der Waals surface area contributed by atoms with E-state index in [0.717, 1.165) is 0 Å². The lowest BCUT2D eigenvalue weighted by Gasteiger charge is -2.03. The largest absolute Gasteiger partial charge is 0.294 e. The van der Waals surface area contributed by atoms with Crippen LogP contribution in [0.3, 0.4) is 0 Å². The molecule has 98 valence electrons. The monoisotopic (exact) mass is 279 g/mol. The Bertz CT molecular complexity index is 659. The number of carbonyl (C=O) groups excluding carboxylic acids is 1. The van der Waals surface area contributed by atoms with E-state index >= 15 is 0 Å². The van der Waals surface area contributed by atoms with Gasteiger partial charge in [-0.1, -0.05) is 11.6 Å². The Morgan fingerprint density at radius 3 is 2.63 bits per heavy atom. The summed E-state index contributed by atoms with van der Waals surface area (Å²) in [5.74, 6) is -0.354. The quantitative estimate of drug-likeness (QED) is 0.491. The first kappa shape index (κ1) is 13.2. The van der Waals surface area contributed by atoms with Gasteiger partial charge in [-0.2, -0.15) is 5.10 Å². The molecular weight excluding hydrogens is 270 g/mol. The normalized spacial score (nSPS) is 10.5. The zero-order chi connectivity index (χ0) is 14.2. The Labute approximate surface area is 113 Å². The van der Waals surface area contributed by atoms with Crippen LogP contribution < -0.4 is 0 Å². The number of nitro benzene ring substituents is 1. The molecule has 0 aliphatic heterocycles. The fraction of sp³-hybridized carbons (Fsp3) is 0.167. The maximum Gasteiger partial charge on any atom is 0.282 e. The Kier molecular flexibility index (Phi) is 3.35. The average molecular weight is 280 g/mol. The number of halogens is 1. The molecule has 7 heteroatoms. The van der Waals surface area contributed by atoms with E-state index in [1.165, 1.54) is 23.7 Å². The van der Waals surface area contributed by atoms with Crippen molar-refractivity contribution in [2.45, 2.75) is 13.8 Å². The van der Waals surface area contributed by atoms with Crippen molar-refractivity contribution >= 4 is 23.1 Å². The minimum atomic E-state index is -0.585. The molecule has 2 aromatic rings. The van der Waals surface area contributed by atoms with Gasteiger partial charge in [0, 0.05) is 12.3 Å². The molecule has 0 bridgehead atoms. The van der Waals surface area contributed by atoms with E-state index in [4.69, 9.17) is 11.6 Å². The van der Waals surface area contributed by atoms with Crippen molar-refractivity contribution in [2.24, 2.45) is 0 Å². The summed E-state index contributed by atoms with van der Waals surface area (Å²) in [6, 6.07) is 4.31. The van der Waals surface area contributed by atoms with E-state index in [-0.39, 0.29) is 17.0 Å². The molecule has 6 nitrogen and oxygen atoms in total. The van der Waals surface area contributed by atoms with Gasteiger partial charge in [-0.15, -0.1) is 0 Å². The van der Waals surface area contributed by atoms with Crippen molar-refractivity contribution in [3.8, 4) is 5.69 Å². The number of benzene rings is 1. The number of Topliss-reactive ketones (excluding diaryl/α,β-unsaturated/α-hetero) is 1. The van der Waals surface area contributed by atoms with Gasteiger partial charge in [-0.3, -0.25) is 14.9 Å². The maximum absolute atomic E-state index is 11.3. The Hall–Kier alpha value is -2.21. The first-order chi connectivity index (χ1) is 8.90. The third-order valence-corrected chi connectivity index (χ3v) is 3.03. The summed E-state index contributed by atoms with van der Waals surface area (Å²) >= 11 is 5.89. The highest BCUT2D eigenvalue weighted by Gasteiger charge is 2.18. The summed E-state index contributed by atoms with van der Waals surface area (Å²) in [6.07, 6.45) is 1.56. The minimum absolute atomic E-state index is 0.0729. The van der Waals surface area contributed by atoms with Crippen LogP contribution in [0.25, 0.3) is 5.69 Å². The molecular formula is C12H10ClN3O3. The van der Waals surface area contributed by atoms with E-state index in [2.05, 4.69) is 5.10 Å². The predicted octanol–water partition coefficient (Wildman–Crippen LogP) is 2.94. The molecule has 0 unspecified atom stereocenters. The van der Waals surface area contributed by atoms with Crippen LogP contribution in [0, 0.1) is 17.0 Å². The Balaban J connectivity index is 2.58. The van der Waals surface area contributed by atoms with Crippen molar-refractivity contribution in [1.82, 2.24) is 9.78 Å². The predicted molar refractivity (Wildman–Crippen MR) is 70.0 cm³/mol. The second-order valence-corrected chi connectivity index (χ2v) is 4.43. The molecule has 0 aliphatic rings. The molecule has 0 saturated carbocycles. The van der Waals surface area contributed by atoms with Crippen LogP contribution >= 0.6 is 11.6 Å². The maximum atomic E-state index is 11.3. The average Bonchev–Trinajstić information content (AvgIpc) is 2.68. The first-order valence-electron chi connectivity index (χ1n) is 5.41. The van der Waals surface area contributed by atoms with E-state index < -0.39 is 4.92 Å². The second-order valence-electron chi connectivity index (χ2n) is 4.02. The number of hydrogen-bond acceptors (Lipinski definition) is 4. The van der Waals surface area contributed by atoms with Crippen LogP contribution in [-0.2, 0) is 0 Å². The van der Waals surface area contributed by atoms with Gasteiger partial charge >= 0.3 is 0 Å². The molecule has 0 atom stereocenters. The summed E-state index contributed by atoms with van der Waals surface area (Å²) in [5.41, 5.74) is 0.935. The number of ketones is 1. The highest BCUT2D eigenvalue weighted by molar-refractivity contribution is 6.31. The lowest BCUT2D eigenvalue weighted by molar-refractivity contribution is -0.385. The lowest BCUT2D eigenvalue weighted by Crippen LogP contribution is -2.03. The third-order valence-electron chi connectivity index (χ3n) is 2.66. The molecule has 0 radical (unpaired) electrons. The molecule has 19 heavy (non-hydrogen) atoms. The van der Waals surface area contributed by atoms with Gasteiger partial charge in [-0.05, 0) is 26.0 Å². The summed E-state index contributed by atoms with van der Waals surface area (Å²) in [5, 5.41) is 15.6. The molecule has 0 saturated heterocycles. The minimum Gasteiger partial charge on any atom is -0.294 e. The van der Waals surface area contributed by atoms with Crippen LogP contribution in [0.4, 0.5) is 5.69 Å². The smallest absolute Gasteiger partial charge is 0.282 e.